The summed E-state index contributed by atoms with van der Waals surface area (Å²) in [5.74, 6) is 6.26. The Morgan fingerprint density at radius 1 is 1.25 bits per heavy atom. The first-order valence-electron chi connectivity index (χ1n) is 6.94. The van der Waals surface area contributed by atoms with Gasteiger partial charge >= 0.3 is 0 Å². The maximum Gasteiger partial charge on any atom is 0.253 e. The zero-order valence-electron chi connectivity index (χ0n) is 12.7. The largest absolute Gasteiger partial charge is 0.395 e. The highest BCUT2D eigenvalue weighted by Gasteiger charge is 2.19. The van der Waals surface area contributed by atoms with Crippen molar-refractivity contribution in [1.82, 2.24) is 4.90 Å². The van der Waals surface area contributed by atoms with Gasteiger partial charge in [-0.2, -0.15) is 0 Å². The minimum absolute atomic E-state index is 0.0288. The smallest absolute Gasteiger partial charge is 0.253 e. The first kappa shape index (κ1) is 16.3. The molecule has 1 N–H and O–H groups in total. The van der Waals surface area contributed by atoms with Crippen LogP contribution in [0.15, 0.2) is 24.3 Å². The summed E-state index contributed by atoms with van der Waals surface area (Å²) >= 11 is 0. The normalized spacial score (nSPS) is 11.7. The van der Waals surface area contributed by atoms with Gasteiger partial charge in [-0.05, 0) is 37.1 Å². The van der Waals surface area contributed by atoms with Gasteiger partial charge in [0.2, 0.25) is 0 Å². The lowest BCUT2D eigenvalue weighted by molar-refractivity contribution is 0.0707. The number of carbonyl (C=O) groups excluding carboxylic acids is 1. The van der Waals surface area contributed by atoms with Crippen molar-refractivity contribution in [2.24, 2.45) is 5.92 Å². The molecule has 0 aliphatic carbocycles. The van der Waals surface area contributed by atoms with E-state index in [0.717, 1.165) is 5.56 Å². The zero-order valence-corrected chi connectivity index (χ0v) is 12.7. The highest BCUT2D eigenvalue weighted by atomic mass is 16.2. The number of benzene rings is 1. The molecule has 0 aliphatic heterocycles. The van der Waals surface area contributed by atoms with Crippen molar-refractivity contribution in [1.29, 1.82) is 0 Å². The Kier molecular flexibility index (Phi) is 6.27. The van der Waals surface area contributed by atoms with Gasteiger partial charge in [-0.3, -0.25) is 4.79 Å². The number of hydrogen-bond donors (Lipinski definition) is 1. The molecule has 0 aliphatic rings. The van der Waals surface area contributed by atoms with Crippen LogP contribution < -0.4 is 0 Å². The van der Waals surface area contributed by atoms with Gasteiger partial charge in [-0.25, -0.2) is 0 Å². The highest BCUT2D eigenvalue weighted by molar-refractivity contribution is 5.94. The standard InChI is InChI=1S/C17H23NO2/c1-13(2)14(3)18(4)17(20)16-10-8-15(9-11-16)7-5-6-12-19/h8-11,13-14,19H,6,12H2,1-4H3. The van der Waals surface area contributed by atoms with Gasteiger partial charge in [0.15, 0.2) is 0 Å². The van der Waals surface area contributed by atoms with E-state index in [1.165, 1.54) is 0 Å². The van der Waals surface area contributed by atoms with Gasteiger partial charge in [0.1, 0.15) is 0 Å². The fourth-order valence-electron chi connectivity index (χ4n) is 1.75. The minimum Gasteiger partial charge on any atom is -0.395 e. The van der Waals surface area contributed by atoms with Gasteiger partial charge in [0, 0.05) is 30.6 Å². The number of carbonyl (C=O) groups is 1. The molecule has 1 amide bonds. The third-order valence-electron chi connectivity index (χ3n) is 3.50. The molecule has 1 rings (SSSR count). The monoisotopic (exact) mass is 273 g/mol. The predicted octanol–water partition coefficient (Wildman–Crippen LogP) is 2.54. The highest BCUT2D eigenvalue weighted by Crippen LogP contribution is 2.13. The van der Waals surface area contributed by atoms with E-state index in [9.17, 15) is 4.79 Å². The topological polar surface area (TPSA) is 40.5 Å². The molecule has 0 fully saturated rings. The summed E-state index contributed by atoms with van der Waals surface area (Å²) in [6, 6.07) is 7.48. The molecule has 0 bridgehead atoms. The van der Waals surface area contributed by atoms with Crippen molar-refractivity contribution in [2.75, 3.05) is 13.7 Å². The third-order valence-corrected chi connectivity index (χ3v) is 3.50. The van der Waals surface area contributed by atoms with Gasteiger partial charge in [-0.1, -0.05) is 25.7 Å². The molecule has 1 aromatic carbocycles. The number of amides is 1. The molecule has 3 heteroatoms. The molecule has 0 saturated carbocycles. The second-order valence-corrected chi connectivity index (χ2v) is 5.25. The Morgan fingerprint density at radius 2 is 1.85 bits per heavy atom. The summed E-state index contributed by atoms with van der Waals surface area (Å²) in [4.78, 5) is 14.1. The second kappa shape index (κ2) is 7.72. The zero-order chi connectivity index (χ0) is 15.1. The second-order valence-electron chi connectivity index (χ2n) is 5.25. The van der Waals surface area contributed by atoms with Crippen molar-refractivity contribution in [3.8, 4) is 11.8 Å². The van der Waals surface area contributed by atoms with E-state index in [4.69, 9.17) is 5.11 Å². The van der Waals surface area contributed by atoms with Crippen LogP contribution in [0.2, 0.25) is 0 Å². The number of aliphatic hydroxyl groups excluding tert-OH is 1. The lowest BCUT2D eigenvalue weighted by atomic mass is 10.0. The van der Waals surface area contributed by atoms with E-state index in [1.807, 2.05) is 19.2 Å². The van der Waals surface area contributed by atoms with Gasteiger partial charge in [0.25, 0.3) is 5.91 Å². The SMILES string of the molecule is CC(C)C(C)N(C)C(=O)c1ccc(C#CCCO)cc1. The van der Waals surface area contributed by atoms with Crippen LogP contribution in [-0.4, -0.2) is 35.6 Å². The third kappa shape index (κ3) is 4.40. The molecule has 1 atom stereocenters. The summed E-state index contributed by atoms with van der Waals surface area (Å²) in [5.41, 5.74) is 1.53. The average molecular weight is 273 g/mol. The lowest BCUT2D eigenvalue weighted by Gasteiger charge is -2.28. The molecule has 1 aromatic rings. The molecule has 108 valence electrons. The van der Waals surface area contributed by atoms with Gasteiger partial charge in [-0.15, -0.1) is 0 Å². The first-order chi connectivity index (χ1) is 9.47. The van der Waals surface area contributed by atoms with Crippen LogP contribution in [0.4, 0.5) is 0 Å². The van der Waals surface area contributed by atoms with Crippen molar-refractivity contribution in [3.63, 3.8) is 0 Å². The van der Waals surface area contributed by atoms with Crippen molar-refractivity contribution >= 4 is 5.91 Å². The van der Waals surface area contributed by atoms with Gasteiger partial charge in [0.05, 0.1) is 6.61 Å². The van der Waals surface area contributed by atoms with Crippen LogP contribution in [0, 0.1) is 17.8 Å². The first-order valence-corrected chi connectivity index (χ1v) is 6.94. The van der Waals surface area contributed by atoms with Crippen molar-refractivity contribution in [2.45, 2.75) is 33.2 Å². The predicted molar refractivity (Wildman–Crippen MR) is 81.4 cm³/mol. The number of rotatable bonds is 4. The van der Waals surface area contributed by atoms with Gasteiger partial charge < -0.3 is 10.0 Å². The van der Waals surface area contributed by atoms with E-state index in [-0.39, 0.29) is 18.6 Å². The van der Waals surface area contributed by atoms with E-state index in [1.54, 1.807) is 17.0 Å². The molecule has 3 nitrogen and oxygen atoms in total. The van der Waals surface area contributed by atoms with Crippen LogP contribution in [0.5, 0.6) is 0 Å². The Bertz CT molecular complexity index is 494. The molecular formula is C17H23NO2. The Morgan fingerprint density at radius 3 is 2.35 bits per heavy atom. The fraction of sp³-hybridized carbons (Fsp3) is 0.471. The van der Waals surface area contributed by atoms with Crippen molar-refractivity contribution in [3.05, 3.63) is 35.4 Å². The fourth-order valence-corrected chi connectivity index (χ4v) is 1.75. The van der Waals surface area contributed by atoms with Crippen LogP contribution in [0.1, 0.15) is 43.1 Å². The van der Waals surface area contributed by atoms with E-state index in [0.29, 0.717) is 17.9 Å². The molecule has 0 heterocycles. The molecule has 0 radical (unpaired) electrons. The maximum absolute atomic E-state index is 12.3. The summed E-state index contributed by atoms with van der Waals surface area (Å²) in [6.07, 6.45) is 0.468. The summed E-state index contributed by atoms with van der Waals surface area (Å²) in [5, 5.41) is 8.67. The Labute approximate surface area is 121 Å². The van der Waals surface area contributed by atoms with Crippen LogP contribution in [-0.2, 0) is 0 Å². The summed E-state index contributed by atoms with van der Waals surface area (Å²) in [6.45, 7) is 6.33. The van der Waals surface area contributed by atoms with E-state index >= 15 is 0 Å². The van der Waals surface area contributed by atoms with Crippen LogP contribution >= 0.6 is 0 Å². The summed E-state index contributed by atoms with van der Waals surface area (Å²) < 4.78 is 0. The van der Waals surface area contributed by atoms with E-state index < -0.39 is 0 Å². The molecule has 1 unspecified atom stereocenters. The Balaban J connectivity index is 2.78. The maximum atomic E-state index is 12.3. The van der Waals surface area contributed by atoms with Crippen molar-refractivity contribution < 1.29 is 9.90 Å². The number of aliphatic hydroxyl groups is 1. The quantitative estimate of drug-likeness (QED) is 0.856. The molecule has 0 saturated heterocycles. The summed E-state index contributed by atoms with van der Waals surface area (Å²) in [7, 11) is 1.84. The molecular weight excluding hydrogens is 250 g/mol. The number of hydrogen-bond acceptors (Lipinski definition) is 2. The average Bonchev–Trinajstić information content (AvgIpc) is 2.46. The van der Waals surface area contributed by atoms with Crippen LogP contribution in [0.25, 0.3) is 0 Å². The molecule has 0 spiro atoms. The van der Waals surface area contributed by atoms with E-state index in [2.05, 4.69) is 32.6 Å². The molecule has 20 heavy (non-hydrogen) atoms. The number of nitrogens with zero attached hydrogens (tertiary/aromatic N) is 1. The lowest BCUT2D eigenvalue weighted by Crippen LogP contribution is -2.38. The Hall–Kier alpha value is -1.79. The molecule has 0 aromatic heterocycles. The minimum atomic E-state index is 0.0288. The van der Waals surface area contributed by atoms with Crippen LogP contribution in [0.3, 0.4) is 0 Å².